The molecule has 7 nitrogen and oxygen atoms in total. The first-order valence-electron chi connectivity index (χ1n) is 11.7. The van der Waals surface area contributed by atoms with Gasteiger partial charge in [0.1, 0.15) is 11.5 Å². The SMILES string of the molecule is COc1ccc(S(=O)(=O)N2C[C@H](C(=O)N[C@@H](C)c3ccc4c(c3)CCC4)Oc3ccccc32)cc1. The van der Waals surface area contributed by atoms with Gasteiger partial charge in [-0.05, 0) is 79.3 Å². The highest BCUT2D eigenvalue weighted by molar-refractivity contribution is 7.92. The fraction of sp³-hybridized carbons (Fsp3) is 0.296. The predicted molar refractivity (Wildman–Crippen MR) is 133 cm³/mol. The first-order chi connectivity index (χ1) is 16.9. The van der Waals surface area contributed by atoms with Crippen molar-refractivity contribution < 1.29 is 22.7 Å². The van der Waals surface area contributed by atoms with Gasteiger partial charge in [-0.2, -0.15) is 0 Å². The molecule has 0 saturated carbocycles. The fourth-order valence-electron chi connectivity index (χ4n) is 4.69. The second kappa shape index (κ2) is 9.26. The molecule has 8 heteroatoms. The highest BCUT2D eigenvalue weighted by Crippen LogP contribution is 2.37. The Morgan fingerprint density at radius 2 is 1.80 bits per heavy atom. The minimum Gasteiger partial charge on any atom is -0.497 e. The standard InChI is InChI=1S/C27H28N2O5S/c1-18(20-11-10-19-6-5-7-21(19)16-20)28-27(30)26-17-29(24-8-3-4-9-25(24)34-26)35(31,32)23-14-12-22(33-2)13-15-23/h3-4,8-16,18,26H,5-7,17H2,1-2H3,(H,28,30)/t18-,26+/m0/s1. The molecule has 0 radical (unpaired) electrons. The summed E-state index contributed by atoms with van der Waals surface area (Å²) in [6.07, 6.45) is 2.33. The summed E-state index contributed by atoms with van der Waals surface area (Å²) in [4.78, 5) is 13.4. The molecular formula is C27H28N2O5S. The van der Waals surface area contributed by atoms with Gasteiger partial charge in [0.25, 0.3) is 15.9 Å². The Balaban J connectivity index is 1.39. The third-order valence-electron chi connectivity index (χ3n) is 6.66. The van der Waals surface area contributed by atoms with Gasteiger partial charge < -0.3 is 14.8 Å². The van der Waals surface area contributed by atoms with Gasteiger partial charge in [0.2, 0.25) is 0 Å². The number of nitrogens with one attached hydrogen (secondary N) is 1. The average Bonchev–Trinajstić information content (AvgIpc) is 3.36. The molecule has 1 amide bonds. The number of ether oxygens (including phenoxy) is 2. The van der Waals surface area contributed by atoms with Gasteiger partial charge in [-0.15, -0.1) is 0 Å². The van der Waals surface area contributed by atoms with Gasteiger partial charge in [0.05, 0.1) is 30.3 Å². The summed E-state index contributed by atoms with van der Waals surface area (Å²) in [7, 11) is -2.41. The lowest BCUT2D eigenvalue weighted by Gasteiger charge is -2.35. The number of para-hydroxylation sites is 2. The maximum atomic E-state index is 13.6. The van der Waals surface area contributed by atoms with Crippen molar-refractivity contribution in [2.45, 2.75) is 43.2 Å². The molecule has 0 saturated heterocycles. The third kappa shape index (κ3) is 4.46. The molecule has 2 aliphatic rings. The van der Waals surface area contributed by atoms with Crippen LogP contribution in [0.4, 0.5) is 5.69 Å². The zero-order chi connectivity index (χ0) is 24.6. The van der Waals surface area contributed by atoms with Crippen LogP contribution < -0.4 is 19.1 Å². The third-order valence-corrected chi connectivity index (χ3v) is 8.45. The van der Waals surface area contributed by atoms with E-state index in [0.29, 0.717) is 17.2 Å². The van der Waals surface area contributed by atoms with Crippen LogP contribution in [0.3, 0.4) is 0 Å². The summed E-state index contributed by atoms with van der Waals surface area (Å²) in [5.74, 6) is 0.549. The molecule has 1 N–H and O–H groups in total. The number of anilines is 1. The maximum absolute atomic E-state index is 13.6. The monoisotopic (exact) mass is 492 g/mol. The molecule has 1 heterocycles. The Morgan fingerprint density at radius 1 is 1.06 bits per heavy atom. The summed E-state index contributed by atoms with van der Waals surface area (Å²) in [5, 5.41) is 3.01. The van der Waals surface area contributed by atoms with Gasteiger partial charge in [0, 0.05) is 0 Å². The molecule has 0 aromatic heterocycles. The Labute approximate surface area is 205 Å². The normalized spacial score (nSPS) is 17.7. The van der Waals surface area contributed by atoms with Crippen LogP contribution in [0.15, 0.2) is 71.6 Å². The summed E-state index contributed by atoms with van der Waals surface area (Å²) in [5.41, 5.74) is 4.14. The smallest absolute Gasteiger partial charge is 0.264 e. The number of aryl methyl sites for hydroxylation is 2. The molecule has 0 bridgehead atoms. The van der Waals surface area contributed by atoms with Crippen LogP contribution in [0.1, 0.15) is 36.1 Å². The lowest BCUT2D eigenvalue weighted by molar-refractivity contribution is -0.128. The summed E-state index contributed by atoms with van der Waals surface area (Å²) in [6, 6.07) is 19.2. The van der Waals surface area contributed by atoms with Crippen LogP contribution in [-0.2, 0) is 27.7 Å². The zero-order valence-electron chi connectivity index (χ0n) is 19.7. The van der Waals surface area contributed by atoms with Crippen molar-refractivity contribution in [3.8, 4) is 11.5 Å². The zero-order valence-corrected chi connectivity index (χ0v) is 20.5. The number of carbonyl (C=O) groups excluding carboxylic acids is 1. The largest absolute Gasteiger partial charge is 0.497 e. The predicted octanol–water partition coefficient (Wildman–Crippen LogP) is 4.02. The van der Waals surface area contributed by atoms with Crippen LogP contribution in [0, 0.1) is 0 Å². The molecule has 1 aliphatic carbocycles. The van der Waals surface area contributed by atoms with Crippen molar-refractivity contribution >= 4 is 21.6 Å². The van der Waals surface area contributed by atoms with E-state index in [1.54, 1.807) is 36.4 Å². The average molecular weight is 493 g/mol. The number of rotatable bonds is 6. The second-order valence-corrected chi connectivity index (χ2v) is 10.8. The summed E-state index contributed by atoms with van der Waals surface area (Å²) < 4.78 is 39.5. The van der Waals surface area contributed by atoms with Crippen molar-refractivity contribution in [1.82, 2.24) is 5.32 Å². The van der Waals surface area contributed by atoms with Gasteiger partial charge in [-0.3, -0.25) is 9.10 Å². The van der Waals surface area contributed by atoms with E-state index in [9.17, 15) is 13.2 Å². The number of benzene rings is 3. The van der Waals surface area contributed by atoms with E-state index in [2.05, 4.69) is 17.4 Å². The Kier molecular flexibility index (Phi) is 6.15. The molecular weight excluding hydrogens is 464 g/mol. The van der Waals surface area contributed by atoms with E-state index < -0.39 is 16.1 Å². The van der Waals surface area contributed by atoms with E-state index in [4.69, 9.17) is 9.47 Å². The second-order valence-electron chi connectivity index (χ2n) is 8.90. The van der Waals surface area contributed by atoms with Gasteiger partial charge in [-0.25, -0.2) is 8.42 Å². The lowest BCUT2D eigenvalue weighted by Crippen LogP contribution is -2.51. The van der Waals surface area contributed by atoms with E-state index in [1.165, 1.54) is 34.7 Å². The minimum absolute atomic E-state index is 0.112. The van der Waals surface area contributed by atoms with Crippen molar-refractivity contribution in [2.24, 2.45) is 0 Å². The molecule has 0 unspecified atom stereocenters. The lowest BCUT2D eigenvalue weighted by atomic mass is 10.0. The number of carbonyl (C=O) groups is 1. The highest BCUT2D eigenvalue weighted by Gasteiger charge is 2.37. The van der Waals surface area contributed by atoms with Crippen LogP contribution in [0.2, 0.25) is 0 Å². The fourth-order valence-corrected chi connectivity index (χ4v) is 6.17. The van der Waals surface area contributed by atoms with Crippen molar-refractivity contribution in [2.75, 3.05) is 18.0 Å². The van der Waals surface area contributed by atoms with Crippen LogP contribution in [-0.4, -0.2) is 34.1 Å². The molecule has 0 fully saturated rings. The van der Waals surface area contributed by atoms with E-state index >= 15 is 0 Å². The Bertz CT molecular complexity index is 1350. The first kappa shape index (κ1) is 23.2. The van der Waals surface area contributed by atoms with Crippen molar-refractivity contribution in [3.05, 3.63) is 83.4 Å². The number of hydrogen-bond acceptors (Lipinski definition) is 5. The number of sulfonamides is 1. The maximum Gasteiger partial charge on any atom is 0.264 e. The number of fused-ring (bicyclic) bond motifs is 2. The summed E-state index contributed by atoms with van der Waals surface area (Å²) in [6.45, 7) is 1.80. The number of amides is 1. The molecule has 1 aliphatic heterocycles. The molecule has 5 rings (SSSR count). The quantitative estimate of drug-likeness (QED) is 0.562. The minimum atomic E-state index is -3.94. The topological polar surface area (TPSA) is 84.9 Å². The molecule has 3 aromatic carbocycles. The Morgan fingerprint density at radius 3 is 2.57 bits per heavy atom. The van der Waals surface area contributed by atoms with Gasteiger partial charge in [-0.1, -0.05) is 30.3 Å². The molecule has 0 spiro atoms. The van der Waals surface area contributed by atoms with E-state index in [-0.39, 0.29) is 23.4 Å². The Hall–Kier alpha value is -3.52. The number of methoxy groups -OCH3 is 1. The summed E-state index contributed by atoms with van der Waals surface area (Å²) >= 11 is 0. The van der Waals surface area contributed by atoms with E-state index in [1.807, 2.05) is 13.0 Å². The van der Waals surface area contributed by atoms with Crippen LogP contribution in [0.25, 0.3) is 0 Å². The first-order valence-corrected chi connectivity index (χ1v) is 13.2. The number of nitrogens with zero attached hydrogens (tertiary/aromatic N) is 1. The van der Waals surface area contributed by atoms with Gasteiger partial charge >= 0.3 is 0 Å². The molecule has 2 atom stereocenters. The molecule has 3 aromatic rings. The molecule has 35 heavy (non-hydrogen) atoms. The molecule has 182 valence electrons. The number of hydrogen-bond donors (Lipinski definition) is 1. The van der Waals surface area contributed by atoms with Crippen LogP contribution >= 0.6 is 0 Å². The van der Waals surface area contributed by atoms with E-state index in [0.717, 1.165) is 24.8 Å². The van der Waals surface area contributed by atoms with Crippen molar-refractivity contribution in [3.63, 3.8) is 0 Å². The van der Waals surface area contributed by atoms with Crippen LogP contribution in [0.5, 0.6) is 11.5 Å². The van der Waals surface area contributed by atoms with Gasteiger partial charge in [0.15, 0.2) is 6.10 Å². The van der Waals surface area contributed by atoms with Crippen molar-refractivity contribution in [1.29, 1.82) is 0 Å². The highest BCUT2D eigenvalue weighted by atomic mass is 32.2.